The molecule has 108 valence electrons. The molecule has 19 heavy (non-hydrogen) atoms. The third-order valence-corrected chi connectivity index (χ3v) is 3.79. The zero-order valence-electron chi connectivity index (χ0n) is 12.6. The summed E-state index contributed by atoms with van der Waals surface area (Å²) in [5, 5.41) is 7.31. The van der Waals surface area contributed by atoms with E-state index in [0.29, 0.717) is 11.8 Å². The molecular formula is C14H25N3O2. The SMILES string of the molecule is COC1(c2noc(NC(C)(C)C)n2)CCC(C)CC1. The normalized spacial score (nSPS) is 28.4. The third kappa shape index (κ3) is 3.26. The summed E-state index contributed by atoms with van der Waals surface area (Å²) in [6.45, 7) is 8.46. The number of nitrogens with one attached hydrogen (secondary N) is 1. The average molecular weight is 267 g/mol. The second kappa shape index (κ2) is 5.12. The van der Waals surface area contributed by atoms with Gasteiger partial charge in [0.1, 0.15) is 5.60 Å². The van der Waals surface area contributed by atoms with E-state index >= 15 is 0 Å². The molecule has 1 aliphatic rings. The van der Waals surface area contributed by atoms with Crippen LogP contribution in [-0.4, -0.2) is 22.8 Å². The van der Waals surface area contributed by atoms with Crippen molar-refractivity contribution in [3.63, 3.8) is 0 Å². The topological polar surface area (TPSA) is 60.2 Å². The first kappa shape index (κ1) is 14.3. The van der Waals surface area contributed by atoms with Gasteiger partial charge in [0.2, 0.25) is 5.82 Å². The van der Waals surface area contributed by atoms with Crippen molar-refractivity contribution in [1.29, 1.82) is 0 Å². The van der Waals surface area contributed by atoms with Crippen molar-refractivity contribution in [3.8, 4) is 0 Å². The maximum Gasteiger partial charge on any atom is 0.321 e. The summed E-state index contributed by atoms with van der Waals surface area (Å²) in [4.78, 5) is 4.47. The van der Waals surface area contributed by atoms with Gasteiger partial charge in [-0.15, -0.1) is 0 Å². The summed E-state index contributed by atoms with van der Waals surface area (Å²) >= 11 is 0. The molecule has 0 amide bonds. The Morgan fingerprint density at radius 3 is 2.47 bits per heavy atom. The van der Waals surface area contributed by atoms with E-state index in [1.807, 2.05) is 0 Å². The van der Waals surface area contributed by atoms with Gasteiger partial charge in [-0.1, -0.05) is 12.1 Å². The Balaban J connectivity index is 2.16. The summed E-state index contributed by atoms with van der Waals surface area (Å²) in [5.74, 6) is 1.43. The van der Waals surface area contributed by atoms with Crippen LogP contribution < -0.4 is 5.32 Å². The Bertz CT molecular complexity index is 415. The van der Waals surface area contributed by atoms with E-state index < -0.39 is 0 Å². The molecule has 0 saturated heterocycles. The monoisotopic (exact) mass is 267 g/mol. The van der Waals surface area contributed by atoms with Gasteiger partial charge in [-0.05, 0) is 52.4 Å². The van der Waals surface area contributed by atoms with Crippen LogP contribution in [0.25, 0.3) is 0 Å². The molecule has 0 unspecified atom stereocenters. The van der Waals surface area contributed by atoms with Gasteiger partial charge in [0.05, 0.1) is 0 Å². The van der Waals surface area contributed by atoms with Crippen molar-refractivity contribution < 1.29 is 9.26 Å². The summed E-state index contributed by atoms with van der Waals surface area (Å²) in [7, 11) is 1.74. The summed E-state index contributed by atoms with van der Waals surface area (Å²) in [5.41, 5.74) is -0.459. The minimum Gasteiger partial charge on any atom is -0.370 e. The van der Waals surface area contributed by atoms with Gasteiger partial charge in [-0.3, -0.25) is 0 Å². The highest BCUT2D eigenvalue weighted by molar-refractivity contribution is 5.24. The molecule has 0 atom stereocenters. The van der Waals surface area contributed by atoms with Crippen molar-refractivity contribution in [2.75, 3.05) is 12.4 Å². The second-order valence-corrected chi connectivity index (χ2v) is 6.68. The molecule has 1 aromatic rings. The average Bonchev–Trinajstić information content (AvgIpc) is 2.77. The maximum absolute atomic E-state index is 5.74. The van der Waals surface area contributed by atoms with E-state index in [0.717, 1.165) is 31.6 Å². The first-order valence-corrected chi connectivity index (χ1v) is 7.02. The van der Waals surface area contributed by atoms with Crippen LogP contribution >= 0.6 is 0 Å². The Morgan fingerprint density at radius 1 is 1.32 bits per heavy atom. The van der Waals surface area contributed by atoms with E-state index in [1.54, 1.807) is 7.11 Å². The fraction of sp³-hybridized carbons (Fsp3) is 0.857. The van der Waals surface area contributed by atoms with E-state index in [1.165, 1.54) is 0 Å². The number of methoxy groups -OCH3 is 1. The van der Waals surface area contributed by atoms with Crippen molar-refractivity contribution in [3.05, 3.63) is 5.82 Å². The van der Waals surface area contributed by atoms with E-state index in [2.05, 4.69) is 43.2 Å². The van der Waals surface area contributed by atoms with Crippen LogP contribution in [0.4, 0.5) is 6.01 Å². The van der Waals surface area contributed by atoms with Crippen LogP contribution in [-0.2, 0) is 10.3 Å². The fourth-order valence-electron chi connectivity index (χ4n) is 2.53. The Kier molecular flexibility index (Phi) is 3.85. The van der Waals surface area contributed by atoms with Crippen LogP contribution in [0.3, 0.4) is 0 Å². The van der Waals surface area contributed by atoms with Gasteiger partial charge in [-0.2, -0.15) is 4.98 Å². The Hall–Kier alpha value is -1.10. The van der Waals surface area contributed by atoms with Crippen molar-refractivity contribution >= 4 is 6.01 Å². The van der Waals surface area contributed by atoms with Crippen LogP contribution in [0.2, 0.25) is 0 Å². The quantitative estimate of drug-likeness (QED) is 0.910. The zero-order chi connectivity index (χ0) is 14.1. The van der Waals surface area contributed by atoms with Crippen LogP contribution in [0.15, 0.2) is 4.52 Å². The molecule has 2 rings (SSSR count). The smallest absolute Gasteiger partial charge is 0.321 e. The molecular weight excluding hydrogens is 242 g/mol. The molecule has 0 aromatic carbocycles. The van der Waals surface area contributed by atoms with Crippen molar-refractivity contribution in [2.24, 2.45) is 5.92 Å². The molecule has 1 N–H and O–H groups in total. The molecule has 0 spiro atoms. The molecule has 5 nitrogen and oxygen atoms in total. The number of ether oxygens (including phenoxy) is 1. The lowest BCUT2D eigenvalue weighted by molar-refractivity contribution is -0.0609. The van der Waals surface area contributed by atoms with Crippen LogP contribution in [0.1, 0.15) is 59.2 Å². The minimum absolute atomic E-state index is 0.0921. The van der Waals surface area contributed by atoms with Gasteiger partial charge in [-0.25, -0.2) is 0 Å². The molecule has 1 aromatic heterocycles. The van der Waals surface area contributed by atoms with E-state index in [4.69, 9.17) is 9.26 Å². The Labute approximate surface area is 115 Å². The van der Waals surface area contributed by atoms with Gasteiger partial charge in [0.25, 0.3) is 0 Å². The molecule has 0 bridgehead atoms. The zero-order valence-corrected chi connectivity index (χ0v) is 12.6. The third-order valence-electron chi connectivity index (χ3n) is 3.79. The van der Waals surface area contributed by atoms with E-state index in [9.17, 15) is 0 Å². The molecule has 1 heterocycles. The second-order valence-electron chi connectivity index (χ2n) is 6.68. The highest BCUT2D eigenvalue weighted by atomic mass is 16.5. The number of nitrogens with zero attached hydrogens (tertiary/aromatic N) is 2. The van der Waals surface area contributed by atoms with Crippen LogP contribution in [0, 0.1) is 5.92 Å². The van der Waals surface area contributed by atoms with Crippen molar-refractivity contribution in [2.45, 2.75) is 64.5 Å². The first-order chi connectivity index (χ1) is 8.85. The predicted molar refractivity (Wildman–Crippen MR) is 74.0 cm³/mol. The molecule has 5 heteroatoms. The highest BCUT2D eigenvalue weighted by Gasteiger charge is 2.40. The maximum atomic E-state index is 5.74. The lowest BCUT2D eigenvalue weighted by atomic mass is 9.79. The van der Waals surface area contributed by atoms with Crippen LogP contribution in [0.5, 0.6) is 0 Å². The molecule has 0 radical (unpaired) electrons. The largest absolute Gasteiger partial charge is 0.370 e. The Morgan fingerprint density at radius 2 is 1.95 bits per heavy atom. The fourth-order valence-corrected chi connectivity index (χ4v) is 2.53. The number of aromatic nitrogens is 2. The van der Waals surface area contributed by atoms with Gasteiger partial charge in [0, 0.05) is 12.6 Å². The van der Waals surface area contributed by atoms with E-state index in [-0.39, 0.29) is 11.1 Å². The first-order valence-electron chi connectivity index (χ1n) is 7.02. The summed E-state index contributed by atoms with van der Waals surface area (Å²) in [6.07, 6.45) is 4.20. The van der Waals surface area contributed by atoms with Gasteiger partial charge in [0.15, 0.2) is 0 Å². The summed E-state index contributed by atoms with van der Waals surface area (Å²) in [6, 6.07) is 0.470. The molecule has 0 aliphatic heterocycles. The van der Waals surface area contributed by atoms with Gasteiger partial charge >= 0.3 is 6.01 Å². The molecule has 1 fully saturated rings. The lowest BCUT2D eigenvalue weighted by Crippen LogP contribution is -2.34. The van der Waals surface area contributed by atoms with Crippen molar-refractivity contribution in [1.82, 2.24) is 10.1 Å². The number of anilines is 1. The molecule has 1 saturated carbocycles. The lowest BCUT2D eigenvalue weighted by Gasteiger charge is -2.35. The standard InChI is InChI=1S/C14H25N3O2/c1-10-6-8-14(18-5,9-7-10)11-15-12(19-17-11)16-13(2,3)4/h10H,6-9H2,1-5H3,(H,15,16,17). The number of hydrogen-bond donors (Lipinski definition) is 1. The van der Waals surface area contributed by atoms with Gasteiger partial charge < -0.3 is 14.6 Å². The summed E-state index contributed by atoms with van der Waals surface area (Å²) < 4.78 is 11.0. The highest BCUT2D eigenvalue weighted by Crippen LogP contribution is 2.41. The number of rotatable bonds is 3. The number of hydrogen-bond acceptors (Lipinski definition) is 5. The predicted octanol–water partition coefficient (Wildman–Crippen LogP) is 3.33. The molecule has 1 aliphatic carbocycles. The minimum atomic E-state index is -0.367.